The van der Waals surface area contributed by atoms with Gasteiger partial charge in [0.05, 0.1) is 10.9 Å². The third kappa shape index (κ3) is 4.00. The molecule has 2 aromatic rings. The molecule has 0 bridgehead atoms. The van der Waals surface area contributed by atoms with Crippen LogP contribution in [0, 0.1) is 5.92 Å². The molecule has 2 aromatic heterocycles. The van der Waals surface area contributed by atoms with E-state index in [2.05, 4.69) is 9.88 Å². The number of carbonyl (C=O) groups excluding carboxylic acids is 1. The lowest BCUT2D eigenvalue weighted by Gasteiger charge is -2.29. The predicted octanol–water partition coefficient (Wildman–Crippen LogP) is 2.32. The topological polar surface area (TPSA) is 91.3 Å². The Hall–Kier alpha value is -2.48. The fourth-order valence-corrected chi connectivity index (χ4v) is 5.30. The van der Waals surface area contributed by atoms with Crippen molar-refractivity contribution in [3.8, 4) is 0 Å². The molecule has 1 aliphatic carbocycles. The van der Waals surface area contributed by atoms with Gasteiger partial charge in [-0.2, -0.15) is 0 Å². The van der Waals surface area contributed by atoms with Crippen molar-refractivity contribution in [1.29, 1.82) is 0 Å². The third-order valence-corrected chi connectivity index (χ3v) is 7.05. The molecular weight excluding hydrogens is 406 g/mol. The largest absolute Gasteiger partial charge is 0.334 e. The summed E-state index contributed by atoms with van der Waals surface area (Å²) in [6.07, 6.45) is 6.49. The van der Waals surface area contributed by atoms with Crippen LogP contribution in [0.2, 0.25) is 0 Å². The van der Waals surface area contributed by atoms with Crippen molar-refractivity contribution in [3.05, 3.63) is 38.2 Å². The maximum Gasteiger partial charge on any atom is 0.330 e. The number of rotatable bonds is 6. The van der Waals surface area contributed by atoms with Gasteiger partial charge in [-0.25, -0.2) is 9.78 Å². The molecule has 32 heavy (non-hydrogen) atoms. The highest BCUT2D eigenvalue weighted by Gasteiger charge is 2.34. The second-order valence-corrected chi connectivity index (χ2v) is 10.1. The standard InChI is InChI=1S/C24H33N5O3/c1-15(2)13-29-21-20(22(30)26-24(29)32)18(12-19(25-21)16-7-8-16)23(31)28-11-5-6-17(28)14-27-9-3-4-10-27/h12,15-17H,3-11,13-14H2,1-2H3,(H,26,30,32). The zero-order valence-electron chi connectivity index (χ0n) is 19.1. The van der Waals surface area contributed by atoms with Crippen molar-refractivity contribution in [3.63, 3.8) is 0 Å². The highest BCUT2D eigenvalue weighted by Crippen LogP contribution is 2.40. The molecule has 0 radical (unpaired) electrons. The highest BCUT2D eigenvalue weighted by atomic mass is 16.2. The normalized spacial score (nSPS) is 21.8. The van der Waals surface area contributed by atoms with Crippen LogP contribution in [0.25, 0.3) is 11.0 Å². The highest BCUT2D eigenvalue weighted by molar-refractivity contribution is 6.05. The van der Waals surface area contributed by atoms with Gasteiger partial charge < -0.3 is 9.80 Å². The molecule has 1 unspecified atom stereocenters. The lowest BCUT2D eigenvalue weighted by molar-refractivity contribution is 0.0710. The first kappa shape index (κ1) is 21.4. The zero-order valence-corrected chi connectivity index (χ0v) is 19.1. The lowest BCUT2D eigenvalue weighted by Crippen LogP contribution is -2.43. The number of carbonyl (C=O) groups is 1. The van der Waals surface area contributed by atoms with Crippen LogP contribution in [0.5, 0.6) is 0 Å². The van der Waals surface area contributed by atoms with Crippen LogP contribution in [0.15, 0.2) is 15.7 Å². The van der Waals surface area contributed by atoms with Crippen molar-refractivity contribution >= 4 is 16.9 Å². The van der Waals surface area contributed by atoms with Gasteiger partial charge in [-0.05, 0) is 63.6 Å². The summed E-state index contributed by atoms with van der Waals surface area (Å²) in [4.78, 5) is 51.0. The van der Waals surface area contributed by atoms with Crippen molar-refractivity contribution in [2.75, 3.05) is 26.2 Å². The van der Waals surface area contributed by atoms with Crippen molar-refractivity contribution in [1.82, 2.24) is 24.3 Å². The van der Waals surface area contributed by atoms with Gasteiger partial charge in [0.2, 0.25) is 0 Å². The average Bonchev–Trinajstić information content (AvgIpc) is 3.29. The SMILES string of the molecule is CC(C)Cn1c(=O)[nH]c(=O)c2c(C(=O)N3CCCC3CN3CCCC3)cc(C3CC3)nc21. The Balaban J connectivity index is 1.60. The van der Waals surface area contributed by atoms with E-state index in [1.165, 1.54) is 17.4 Å². The first-order chi connectivity index (χ1) is 15.4. The van der Waals surface area contributed by atoms with Gasteiger partial charge in [-0.15, -0.1) is 0 Å². The number of amides is 1. The average molecular weight is 440 g/mol. The second-order valence-electron chi connectivity index (χ2n) is 10.1. The van der Waals surface area contributed by atoms with Crippen molar-refractivity contribution in [2.24, 2.45) is 5.92 Å². The quantitative estimate of drug-likeness (QED) is 0.746. The molecule has 0 aromatic carbocycles. The first-order valence-corrected chi connectivity index (χ1v) is 12.1. The smallest absolute Gasteiger partial charge is 0.330 e. The molecule has 2 saturated heterocycles. The summed E-state index contributed by atoms with van der Waals surface area (Å²) in [7, 11) is 0. The van der Waals surface area contributed by atoms with Crippen LogP contribution < -0.4 is 11.2 Å². The zero-order chi connectivity index (χ0) is 22.4. The summed E-state index contributed by atoms with van der Waals surface area (Å²) < 4.78 is 1.54. The fraction of sp³-hybridized carbons (Fsp3) is 0.667. The summed E-state index contributed by atoms with van der Waals surface area (Å²) in [5.74, 6) is 0.420. The summed E-state index contributed by atoms with van der Waals surface area (Å²) in [5, 5.41) is 0.256. The molecule has 3 fully saturated rings. The predicted molar refractivity (Wildman–Crippen MR) is 123 cm³/mol. The Morgan fingerprint density at radius 2 is 1.88 bits per heavy atom. The Labute approximate surface area is 187 Å². The monoisotopic (exact) mass is 439 g/mol. The third-order valence-electron chi connectivity index (χ3n) is 7.05. The van der Waals surface area contributed by atoms with Gasteiger partial charge in [-0.1, -0.05) is 13.8 Å². The lowest BCUT2D eigenvalue weighted by atomic mass is 10.1. The van der Waals surface area contributed by atoms with E-state index in [1.54, 1.807) is 0 Å². The van der Waals surface area contributed by atoms with Crippen LogP contribution in [0.1, 0.15) is 74.3 Å². The molecule has 0 spiro atoms. The van der Waals surface area contributed by atoms with E-state index in [4.69, 9.17) is 4.98 Å². The number of likely N-dealkylation sites (tertiary alicyclic amines) is 2. The number of hydrogen-bond donors (Lipinski definition) is 1. The van der Waals surface area contributed by atoms with E-state index in [9.17, 15) is 14.4 Å². The summed E-state index contributed by atoms with van der Waals surface area (Å²) in [6.45, 7) is 8.30. The molecule has 3 aliphatic rings. The van der Waals surface area contributed by atoms with Crippen LogP contribution in [0.4, 0.5) is 0 Å². The molecule has 1 N–H and O–H groups in total. The molecule has 1 atom stereocenters. The van der Waals surface area contributed by atoms with Gasteiger partial charge in [0.15, 0.2) is 5.65 Å². The van der Waals surface area contributed by atoms with Crippen molar-refractivity contribution in [2.45, 2.75) is 70.9 Å². The molecule has 4 heterocycles. The van der Waals surface area contributed by atoms with Crippen LogP contribution >= 0.6 is 0 Å². The maximum atomic E-state index is 13.9. The maximum absolute atomic E-state index is 13.9. The van der Waals surface area contributed by atoms with Crippen molar-refractivity contribution < 1.29 is 4.79 Å². The molecular formula is C24H33N5O3. The minimum absolute atomic E-state index is 0.0961. The fourth-order valence-electron chi connectivity index (χ4n) is 5.30. The molecule has 1 amide bonds. The molecule has 172 valence electrons. The van der Waals surface area contributed by atoms with E-state index in [0.29, 0.717) is 30.2 Å². The number of aromatic nitrogens is 3. The number of pyridine rings is 1. The molecule has 8 heteroatoms. The van der Waals surface area contributed by atoms with E-state index in [1.807, 2.05) is 24.8 Å². The van der Waals surface area contributed by atoms with E-state index >= 15 is 0 Å². The van der Waals surface area contributed by atoms with E-state index in [0.717, 1.165) is 51.0 Å². The Morgan fingerprint density at radius 1 is 1.12 bits per heavy atom. The van der Waals surface area contributed by atoms with Gasteiger partial charge in [-0.3, -0.25) is 19.1 Å². The number of fused-ring (bicyclic) bond motifs is 1. The molecule has 2 aliphatic heterocycles. The Kier molecular flexibility index (Phi) is 5.65. The first-order valence-electron chi connectivity index (χ1n) is 12.1. The number of aromatic amines is 1. The minimum Gasteiger partial charge on any atom is -0.334 e. The number of nitrogens with one attached hydrogen (secondary N) is 1. The van der Waals surface area contributed by atoms with Crippen LogP contribution in [-0.4, -0.2) is 62.5 Å². The number of hydrogen-bond acceptors (Lipinski definition) is 5. The van der Waals surface area contributed by atoms with Gasteiger partial charge >= 0.3 is 5.69 Å². The van der Waals surface area contributed by atoms with E-state index in [-0.39, 0.29) is 23.3 Å². The molecule has 5 rings (SSSR count). The molecule has 1 saturated carbocycles. The van der Waals surface area contributed by atoms with Crippen LogP contribution in [0.3, 0.4) is 0 Å². The summed E-state index contributed by atoms with van der Waals surface area (Å²) in [6, 6.07) is 2.00. The second kappa shape index (κ2) is 8.46. The summed E-state index contributed by atoms with van der Waals surface area (Å²) >= 11 is 0. The van der Waals surface area contributed by atoms with Gasteiger partial charge in [0.1, 0.15) is 0 Å². The van der Waals surface area contributed by atoms with E-state index < -0.39 is 11.2 Å². The number of nitrogens with zero attached hydrogens (tertiary/aromatic N) is 4. The Morgan fingerprint density at radius 3 is 2.56 bits per heavy atom. The Bertz CT molecular complexity index is 1140. The van der Waals surface area contributed by atoms with Gasteiger partial charge in [0, 0.05) is 37.3 Å². The molecule has 8 nitrogen and oxygen atoms in total. The van der Waals surface area contributed by atoms with Gasteiger partial charge in [0.25, 0.3) is 11.5 Å². The van der Waals surface area contributed by atoms with Crippen LogP contribution in [-0.2, 0) is 6.54 Å². The number of H-pyrrole nitrogens is 1. The minimum atomic E-state index is -0.515. The summed E-state index contributed by atoms with van der Waals surface area (Å²) in [5.41, 5.74) is 0.625.